The first-order valence-electron chi connectivity index (χ1n) is 8.23. The van der Waals surface area contributed by atoms with Crippen molar-refractivity contribution in [2.24, 2.45) is 0 Å². The van der Waals surface area contributed by atoms with E-state index in [4.69, 9.17) is 11.6 Å². The molecule has 1 fully saturated rings. The van der Waals surface area contributed by atoms with E-state index in [9.17, 15) is 4.79 Å². The van der Waals surface area contributed by atoms with Crippen molar-refractivity contribution in [3.05, 3.63) is 35.0 Å². The summed E-state index contributed by atoms with van der Waals surface area (Å²) in [6.07, 6.45) is 4.78. The summed E-state index contributed by atoms with van der Waals surface area (Å²) in [4.78, 5) is 18.0. The fourth-order valence-corrected chi connectivity index (χ4v) is 3.45. The number of H-pyrrole nitrogens is 1. The van der Waals surface area contributed by atoms with Crippen LogP contribution in [0.2, 0.25) is 5.02 Å². The Bertz CT molecular complexity index is 701. The van der Waals surface area contributed by atoms with Crippen LogP contribution in [0.15, 0.2) is 24.4 Å². The van der Waals surface area contributed by atoms with E-state index >= 15 is 0 Å². The molecule has 2 heterocycles. The number of amides is 1. The number of nitrogens with one attached hydrogen (secondary N) is 2. The average Bonchev–Trinajstić information content (AvgIpc) is 3.16. The van der Waals surface area contributed by atoms with Crippen LogP contribution in [0.3, 0.4) is 0 Å². The van der Waals surface area contributed by atoms with Crippen LogP contribution in [0.5, 0.6) is 0 Å². The maximum absolute atomic E-state index is 12.3. The van der Waals surface area contributed by atoms with Crippen molar-refractivity contribution >= 4 is 28.4 Å². The molecule has 0 unspecified atom stereocenters. The third-order valence-electron chi connectivity index (χ3n) is 4.76. The predicted octanol–water partition coefficient (Wildman–Crippen LogP) is 3.35. The Morgan fingerprint density at radius 2 is 2.09 bits per heavy atom. The van der Waals surface area contributed by atoms with Crippen LogP contribution in [0.25, 0.3) is 10.9 Å². The van der Waals surface area contributed by atoms with Crippen molar-refractivity contribution in [2.75, 3.05) is 19.6 Å². The molecule has 2 aromatic rings. The van der Waals surface area contributed by atoms with E-state index in [1.54, 1.807) is 0 Å². The SMILES string of the molecule is CC(C)(CNC(=O)Cc1c[nH]c2ccc(Cl)cc12)N1CCCC1. The Hall–Kier alpha value is -1.52. The van der Waals surface area contributed by atoms with Crippen molar-refractivity contribution in [1.82, 2.24) is 15.2 Å². The van der Waals surface area contributed by atoms with Crippen molar-refractivity contribution in [1.29, 1.82) is 0 Å². The Kier molecular flexibility index (Phi) is 4.64. The molecule has 1 aliphatic rings. The molecule has 0 bridgehead atoms. The normalized spacial score (nSPS) is 16.1. The molecule has 3 rings (SSSR count). The van der Waals surface area contributed by atoms with Crippen LogP contribution in [-0.4, -0.2) is 41.0 Å². The van der Waals surface area contributed by atoms with Gasteiger partial charge in [0.05, 0.1) is 6.42 Å². The summed E-state index contributed by atoms with van der Waals surface area (Å²) in [6.45, 7) is 7.33. The van der Waals surface area contributed by atoms with Gasteiger partial charge in [-0.25, -0.2) is 0 Å². The van der Waals surface area contributed by atoms with Gasteiger partial charge in [0.15, 0.2) is 0 Å². The highest BCUT2D eigenvalue weighted by molar-refractivity contribution is 6.31. The highest BCUT2D eigenvalue weighted by Crippen LogP contribution is 2.23. The number of carbonyl (C=O) groups is 1. The summed E-state index contributed by atoms with van der Waals surface area (Å²) in [7, 11) is 0. The van der Waals surface area contributed by atoms with E-state index in [0.29, 0.717) is 18.0 Å². The summed E-state index contributed by atoms with van der Waals surface area (Å²) in [5, 5.41) is 4.80. The second kappa shape index (κ2) is 6.54. The quantitative estimate of drug-likeness (QED) is 0.881. The maximum atomic E-state index is 12.3. The molecule has 0 atom stereocenters. The van der Waals surface area contributed by atoms with Crippen LogP contribution >= 0.6 is 11.6 Å². The number of halogens is 1. The van der Waals surface area contributed by atoms with Crippen molar-refractivity contribution in [2.45, 2.75) is 38.6 Å². The molecule has 1 aromatic heterocycles. The van der Waals surface area contributed by atoms with Crippen LogP contribution in [0, 0.1) is 0 Å². The molecular weight excluding hydrogens is 310 g/mol. The number of benzene rings is 1. The number of fused-ring (bicyclic) bond motifs is 1. The molecular formula is C18H24ClN3O. The fraction of sp³-hybridized carbons (Fsp3) is 0.500. The number of likely N-dealkylation sites (tertiary alicyclic amines) is 1. The van der Waals surface area contributed by atoms with Gasteiger partial charge in [-0.05, 0) is 63.5 Å². The standard InChI is InChI=1S/C18H24ClN3O/c1-18(2,22-7-3-4-8-22)12-21-17(23)9-13-11-20-16-6-5-14(19)10-15(13)16/h5-6,10-11,20H,3-4,7-9,12H2,1-2H3,(H,21,23). The number of hydrogen-bond acceptors (Lipinski definition) is 2. The summed E-state index contributed by atoms with van der Waals surface area (Å²) in [5.41, 5.74) is 2.00. The van der Waals surface area contributed by atoms with Gasteiger partial charge in [-0.1, -0.05) is 11.6 Å². The summed E-state index contributed by atoms with van der Waals surface area (Å²) < 4.78 is 0. The van der Waals surface area contributed by atoms with Gasteiger partial charge in [0.1, 0.15) is 0 Å². The van der Waals surface area contributed by atoms with Gasteiger partial charge < -0.3 is 10.3 Å². The molecule has 1 aromatic carbocycles. The van der Waals surface area contributed by atoms with E-state index in [2.05, 4.69) is 29.0 Å². The molecule has 124 valence electrons. The number of hydrogen-bond donors (Lipinski definition) is 2. The minimum Gasteiger partial charge on any atom is -0.361 e. The lowest BCUT2D eigenvalue weighted by Gasteiger charge is -2.35. The second-order valence-corrected chi connectivity index (χ2v) is 7.40. The Labute approximate surface area is 142 Å². The smallest absolute Gasteiger partial charge is 0.224 e. The van der Waals surface area contributed by atoms with Crippen LogP contribution in [-0.2, 0) is 11.2 Å². The Morgan fingerprint density at radius 3 is 2.83 bits per heavy atom. The number of aromatic amines is 1. The number of carbonyl (C=O) groups excluding carboxylic acids is 1. The lowest BCUT2D eigenvalue weighted by Crippen LogP contribution is -2.50. The molecule has 1 aliphatic heterocycles. The molecule has 0 radical (unpaired) electrons. The average molecular weight is 334 g/mol. The van der Waals surface area contributed by atoms with Crippen molar-refractivity contribution in [3.8, 4) is 0 Å². The van der Waals surface area contributed by atoms with Gasteiger partial charge in [-0.2, -0.15) is 0 Å². The highest BCUT2D eigenvalue weighted by Gasteiger charge is 2.29. The van der Waals surface area contributed by atoms with E-state index in [-0.39, 0.29) is 11.4 Å². The highest BCUT2D eigenvalue weighted by atomic mass is 35.5. The third kappa shape index (κ3) is 3.70. The molecule has 0 spiro atoms. The number of nitrogens with zero attached hydrogens (tertiary/aromatic N) is 1. The zero-order chi connectivity index (χ0) is 16.4. The van der Waals surface area contributed by atoms with E-state index in [1.165, 1.54) is 12.8 Å². The summed E-state index contributed by atoms with van der Waals surface area (Å²) in [5.74, 6) is 0.0538. The van der Waals surface area contributed by atoms with E-state index in [0.717, 1.165) is 29.6 Å². The molecule has 0 aliphatic carbocycles. The van der Waals surface area contributed by atoms with Crippen LogP contribution in [0.4, 0.5) is 0 Å². The molecule has 0 saturated carbocycles. The lowest BCUT2D eigenvalue weighted by molar-refractivity contribution is -0.121. The number of aromatic nitrogens is 1. The first-order valence-corrected chi connectivity index (χ1v) is 8.61. The van der Waals surface area contributed by atoms with E-state index in [1.807, 2.05) is 24.4 Å². The zero-order valence-corrected chi connectivity index (χ0v) is 14.5. The van der Waals surface area contributed by atoms with Gasteiger partial charge >= 0.3 is 0 Å². The van der Waals surface area contributed by atoms with Gasteiger partial charge in [0, 0.05) is 34.2 Å². The first-order chi connectivity index (χ1) is 11.0. The molecule has 2 N–H and O–H groups in total. The van der Waals surface area contributed by atoms with Gasteiger partial charge in [-0.3, -0.25) is 9.69 Å². The Balaban J connectivity index is 1.61. The molecule has 5 heteroatoms. The summed E-state index contributed by atoms with van der Waals surface area (Å²) in [6, 6.07) is 5.70. The minimum absolute atomic E-state index is 0.00961. The number of rotatable bonds is 5. The minimum atomic E-state index is 0.00961. The van der Waals surface area contributed by atoms with Crippen molar-refractivity contribution in [3.63, 3.8) is 0 Å². The summed E-state index contributed by atoms with van der Waals surface area (Å²) >= 11 is 6.06. The lowest BCUT2D eigenvalue weighted by atomic mass is 10.0. The molecule has 1 amide bonds. The molecule has 23 heavy (non-hydrogen) atoms. The monoisotopic (exact) mass is 333 g/mol. The molecule has 4 nitrogen and oxygen atoms in total. The van der Waals surface area contributed by atoms with Crippen LogP contribution in [0.1, 0.15) is 32.3 Å². The molecule has 1 saturated heterocycles. The largest absolute Gasteiger partial charge is 0.361 e. The maximum Gasteiger partial charge on any atom is 0.224 e. The third-order valence-corrected chi connectivity index (χ3v) is 5.00. The van der Waals surface area contributed by atoms with Crippen molar-refractivity contribution < 1.29 is 4.79 Å². The first kappa shape index (κ1) is 16.3. The van der Waals surface area contributed by atoms with Crippen LogP contribution < -0.4 is 5.32 Å². The predicted molar refractivity (Wildman–Crippen MR) is 94.9 cm³/mol. The van der Waals surface area contributed by atoms with Gasteiger partial charge in [-0.15, -0.1) is 0 Å². The second-order valence-electron chi connectivity index (χ2n) is 6.96. The fourth-order valence-electron chi connectivity index (χ4n) is 3.28. The zero-order valence-electron chi connectivity index (χ0n) is 13.8. The Morgan fingerprint density at radius 1 is 1.35 bits per heavy atom. The topological polar surface area (TPSA) is 48.1 Å². The van der Waals surface area contributed by atoms with Gasteiger partial charge in [0.25, 0.3) is 0 Å². The van der Waals surface area contributed by atoms with E-state index < -0.39 is 0 Å². The van der Waals surface area contributed by atoms with Gasteiger partial charge in [0.2, 0.25) is 5.91 Å².